The zero-order chi connectivity index (χ0) is 21.4. The highest BCUT2D eigenvalue weighted by atomic mass is 19.1. The molecule has 0 spiro atoms. The summed E-state index contributed by atoms with van der Waals surface area (Å²) in [4.78, 5) is 21.8. The molecule has 0 amide bonds. The second kappa shape index (κ2) is 7.53. The molecule has 3 heterocycles. The number of ether oxygens (including phenoxy) is 1. The van der Waals surface area contributed by atoms with Gasteiger partial charge in [-0.3, -0.25) is 14.3 Å². The number of nitrogens with zero attached hydrogens (tertiary/aromatic N) is 4. The number of aryl methyl sites for hydroxylation is 1. The van der Waals surface area contributed by atoms with Crippen LogP contribution >= 0.6 is 0 Å². The van der Waals surface area contributed by atoms with Crippen LogP contribution in [0.5, 0.6) is 11.5 Å². The van der Waals surface area contributed by atoms with Crippen LogP contribution in [0.4, 0.5) is 4.39 Å². The quantitative estimate of drug-likeness (QED) is 0.429. The summed E-state index contributed by atoms with van der Waals surface area (Å²) < 4.78 is 22.6. The third-order valence-corrected chi connectivity index (χ3v) is 4.93. The van der Waals surface area contributed by atoms with Gasteiger partial charge in [0.05, 0.1) is 22.3 Å². The molecule has 0 aliphatic rings. The lowest BCUT2D eigenvalue weighted by atomic mass is 10.2. The van der Waals surface area contributed by atoms with E-state index in [-0.39, 0.29) is 11.4 Å². The van der Waals surface area contributed by atoms with Crippen molar-refractivity contribution in [2.75, 3.05) is 0 Å². The summed E-state index contributed by atoms with van der Waals surface area (Å²) in [6, 6.07) is 16.4. The lowest BCUT2D eigenvalue weighted by Crippen LogP contribution is -2.18. The minimum Gasteiger partial charge on any atom is -0.457 e. The first-order valence-corrected chi connectivity index (χ1v) is 9.60. The van der Waals surface area contributed by atoms with Crippen LogP contribution in [0.3, 0.4) is 0 Å². The van der Waals surface area contributed by atoms with E-state index in [0.717, 1.165) is 11.3 Å². The van der Waals surface area contributed by atoms with Crippen molar-refractivity contribution in [2.45, 2.75) is 0 Å². The first-order chi connectivity index (χ1) is 15.1. The van der Waals surface area contributed by atoms with E-state index in [1.165, 1.54) is 35.2 Å². The van der Waals surface area contributed by atoms with E-state index in [9.17, 15) is 9.18 Å². The van der Waals surface area contributed by atoms with E-state index in [4.69, 9.17) is 4.74 Å². The van der Waals surface area contributed by atoms with Gasteiger partial charge in [0.25, 0.3) is 5.56 Å². The van der Waals surface area contributed by atoms with E-state index in [0.29, 0.717) is 28.1 Å². The average molecular weight is 412 g/mol. The number of pyridine rings is 1. The van der Waals surface area contributed by atoms with Gasteiger partial charge in [0.2, 0.25) is 0 Å². The topological polar surface area (TPSA) is 61.9 Å². The minimum atomic E-state index is -0.367. The fourth-order valence-electron chi connectivity index (χ4n) is 3.37. The zero-order valence-corrected chi connectivity index (χ0v) is 16.6. The van der Waals surface area contributed by atoms with Crippen LogP contribution in [0.25, 0.3) is 27.8 Å². The van der Waals surface area contributed by atoms with Crippen LogP contribution in [0.1, 0.15) is 0 Å². The number of hydrogen-bond donors (Lipinski definition) is 0. The first-order valence-electron chi connectivity index (χ1n) is 9.60. The third-order valence-electron chi connectivity index (χ3n) is 4.93. The summed E-state index contributed by atoms with van der Waals surface area (Å²) in [7, 11) is 1.95. The Labute approximate surface area is 176 Å². The Morgan fingerprint density at radius 3 is 2.52 bits per heavy atom. The van der Waals surface area contributed by atoms with Gasteiger partial charge in [-0.15, -0.1) is 0 Å². The Morgan fingerprint density at radius 1 is 0.935 bits per heavy atom. The van der Waals surface area contributed by atoms with E-state index in [1.807, 2.05) is 36.1 Å². The number of hydrogen-bond acceptors (Lipinski definition) is 4. The van der Waals surface area contributed by atoms with Crippen molar-refractivity contribution in [3.05, 3.63) is 102 Å². The van der Waals surface area contributed by atoms with E-state index < -0.39 is 0 Å². The molecule has 0 fully saturated rings. The molecule has 31 heavy (non-hydrogen) atoms. The minimum absolute atomic E-state index is 0.262. The van der Waals surface area contributed by atoms with Crippen LogP contribution in [-0.4, -0.2) is 19.1 Å². The second-order valence-electron chi connectivity index (χ2n) is 7.12. The second-order valence-corrected chi connectivity index (χ2v) is 7.12. The lowest BCUT2D eigenvalue weighted by molar-refractivity contribution is 0.483. The van der Waals surface area contributed by atoms with Crippen molar-refractivity contribution >= 4 is 10.9 Å². The maximum Gasteiger partial charge on any atom is 0.265 e. The molecule has 0 radical (unpaired) electrons. The van der Waals surface area contributed by atoms with Crippen LogP contribution in [0.15, 0.2) is 90.4 Å². The molecule has 0 unspecified atom stereocenters. The van der Waals surface area contributed by atoms with Crippen LogP contribution < -0.4 is 10.3 Å². The van der Waals surface area contributed by atoms with Gasteiger partial charge in [-0.2, -0.15) is 0 Å². The Morgan fingerprint density at radius 2 is 1.74 bits per heavy atom. The monoisotopic (exact) mass is 412 g/mol. The molecule has 0 atom stereocenters. The van der Waals surface area contributed by atoms with Crippen molar-refractivity contribution in [3.63, 3.8) is 0 Å². The van der Waals surface area contributed by atoms with Crippen LogP contribution in [0.2, 0.25) is 0 Å². The first kappa shape index (κ1) is 18.7. The summed E-state index contributed by atoms with van der Waals surface area (Å²) >= 11 is 0. The van der Waals surface area contributed by atoms with Gasteiger partial charge < -0.3 is 9.30 Å². The molecule has 3 aromatic heterocycles. The molecule has 6 nitrogen and oxygen atoms in total. The normalized spacial score (nSPS) is 11.0. The standard InChI is InChI=1S/C24H17FN4O2/c1-28-11-9-16(14-28)23-13-20(8-10-26-23)31-19-6-7-22-21(12-19)24(30)29(15-27-22)18-4-2-17(25)3-5-18/h2-15H,1H3. The predicted molar refractivity (Wildman–Crippen MR) is 116 cm³/mol. The highest BCUT2D eigenvalue weighted by molar-refractivity contribution is 5.79. The summed E-state index contributed by atoms with van der Waals surface area (Å²) in [5, 5.41) is 0.404. The molecule has 0 bridgehead atoms. The molecule has 2 aromatic carbocycles. The number of halogens is 1. The van der Waals surface area contributed by atoms with Gasteiger partial charge in [0.1, 0.15) is 23.6 Å². The Hall–Kier alpha value is -4.26. The van der Waals surface area contributed by atoms with Gasteiger partial charge in [-0.25, -0.2) is 9.37 Å². The average Bonchev–Trinajstić information content (AvgIpc) is 3.22. The Kier molecular flexibility index (Phi) is 4.55. The highest BCUT2D eigenvalue weighted by Gasteiger charge is 2.09. The number of rotatable bonds is 4. The maximum atomic E-state index is 13.2. The fourth-order valence-corrected chi connectivity index (χ4v) is 3.37. The molecule has 0 aliphatic carbocycles. The number of benzene rings is 2. The van der Waals surface area contributed by atoms with E-state index in [1.54, 1.807) is 30.5 Å². The van der Waals surface area contributed by atoms with Crippen molar-refractivity contribution in [3.8, 4) is 28.4 Å². The maximum absolute atomic E-state index is 13.2. The van der Waals surface area contributed by atoms with Crippen LogP contribution in [0, 0.1) is 5.82 Å². The smallest absolute Gasteiger partial charge is 0.265 e. The molecule has 7 heteroatoms. The molecule has 0 saturated heterocycles. The number of aromatic nitrogens is 4. The molecule has 5 aromatic rings. The van der Waals surface area contributed by atoms with E-state index >= 15 is 0 Å². The van der Waals surface area contributed by atoms with Gasteiger partial charge in [-0.05, 0) is 54.6 Å². The number of fused-ring (bicyclic) bond motifs is 1. The zero-order valence-electron chi connectivity index (χ0n) is 16.6. The summed E-state index contributed by atoms with van der Waals surface area (Å²) in [5.74, 6) is 0.748. The predicted octanol–water partition coefficient (Wildman–Crippen LogP) is 4.72. The van der Waals surface area contributed by atoms with Gasteiger partial charge >= 0.3 is 0 Å². The molecule has 5 rings (SSSR count). The largest absolute Gasteiger partial charge is 0.457 e. The fraction of sp³-hybridized carbons (Fsp3) is 0.0417. The van der Waals surface area contributed by atoms with Crippen LogP contribution in [-0.2, 0) is 7.05 Å². The van der Waals surface area contributed by atoms with Crippen molar-refractivity contribution in [1.29, 1.82) is 0 Å². The molecule has 152 valence electrons. The molecule has 0 saturated carbocycles. The summed E-state index contributed by atoms with van der Waals surface area (Å²) in [5.41, 5.74) is 2.60. The van der Waals surface area contributed by atoms with Crippen molar-refractivity contribution in [1.82, 2.24) is 19.1 Å². The lowest BCUT2D eigenvalue weighted by Gasteiger charge is -2.09. The van der Waals surface area contributed by atoms with Gasteiger partial charge in [-0.1, -0.05) is 0 Å². The van der Waals surface area contributed by atoms with Crippen molar-refractivity contribution in [2.24, 2.45) is 7.05 Å². The third kappa shape index (κ3) is 3.69. The highest BCUT2D eigenvalue weighted by Crippen LogP contribution is 2.27. The Bertz CT molecular complexity index is 1450. The SMILES string of the molecule is Cn1ccc(-c2cc(Oc3ccc4ncn(-c5ccc(F)cc5)c(=O)c4c3)ccn2)c1. The molecular weight excluding hydrogens is 395 g/mol. The van der Waals surface area contributed by atoms with Gasteiger partial charge in [0.15, 0.2) is 0 Å². The van der Waals surface area contributed by atoms with Gasteiger partial charge in [0, 0.05) is 37.3 Å². The molecule has 0 aliphatic heterocycles. The molecule has 0 N–H and O–H groups in total. The summed E-state index contributed by atoms with van der Waals surface area (Å²) in [6.07, 6.45) is 7.05. The van der Waals surface area contributed by atoms with Crippen molar-refractivity contribution < 1.29 is 9.13 Å². The Balaban J connectivity index is 1.50. The van der Waals surface area contributed by atoms with E-state index in [2.05, 4.69) is 9.97 Å². The summed E-state index contributed by atoms with van der Waals surface area (Å²) in [6.45, 7) is 0. The molecular formula is C24H17FN4O2.